The number of benzene rings is 1. The minimum Gasteiger partial charge on any atom is -0.313 e. The predicted octanol–water partition coefficient (Wildman–Crippen LogP) is 4.60. The third kappa shape index (κ3) is 2.97. The summed E-state index contributed by atoms with van der Waals surface area (Å²) in [4.78, 5) is 1.32. The maximum absolute atomic E-state index is 3.60. The first-order chi connectivity index (χ1) is 8.22. The molecule has 0 saturated carbocycles. The number of hydrogen-bond acceptors (Lipinski definition) is 2. The van der Waals surface area contributed by atoms with E-state index in [1.54, 1.807) is 11.3 Å². The SMILES string of the molecule is CCNCc1ccc(-c2sccc2Br)c(C)c1. The van der Waals surface area contributed by atoms with Crippen molar-refractivity contribution in [3.8, 4) is 10.4 Å². The Labute approximate surface area is 115 Å². The minimum atomic E-state index is 0.948. The molecule has 2 aromatic rings. The van der Waals surface area contributed by atoms with Gasteiger partial charge in [-0.3, -0.25) is 0 Å². The van der Waals surface area contributed by atoms with Gasteiger partial charge in [0.2, 0.25) is 0 Å². The summed E-state index contributed by atoms with van der Waals surface area (Å²) >= 11 is 5.37. The van der Waals surface area contributed by atoms with Gasteiger partial charge in [0.25, 0.3) is 0 Å². The lowest BCUT2D eigenvalue weighted by Gasteiger charge is -2.08. The van der Waals surface area contributed by atoms with Crippen molar-refractivity contribution in [1.82, 2.24) is 5.32 Å². The van der Waals surface area contributed by atoms with E-state index in [9.17, 15) is 0 Å². The van der Waals surface area contributed by atoms with Crippen molar-refractivity contribution in [2.24, 2.45) is 0 Å². The van der Waals surface area contributed by atoms with Crippen molar-refractivity contribution in [1.29, 1.82) is 0 Å². The zero-order chi connectivity index (χ0) is 12.3. The molecule has 0 amide bonds. The Balaban J connectivity index is 2.29. The molecule has 0 unspecified atom stereocenters. The third-order valence-electron chi connectivity index (χ3n) is 2.73. The lowest BCUT2D eigenvalue weighted by atomic mass is 10.0. The van der Waals surface area contributed by atoms with Crippen LogP contribution in [0.15, 0.2) is 34.1 Å². The van der Waals surface area contributed by atoms with Crippen LogP contribution in [0, 0.1) is 6.92 Å². The van der Waals surface area contributed by atoms with Crippen LogP contribution in [-0.4, -0.2) is 6.54 Å². The van der Waals surface area contributed by atoms with Gasteiger partial charge in [-0.25, -0.2) is 0 Å². The largest absolute Gasteiger partial charge is 0.313 e. The highest BCUT2D eigenvalue weighted by Crippen LogP contribution is 2.35. The van der Waals surface area contributed by atoms with Gasteiger partial charge in [-0.05, 0) is 57.5 Å². The molecule has 0 aliphatic heterocycles. The van der Waals surface area contributed by atoms with E-state index in [0.717, 1.165) is 13.1 Å². The van der Waals surface area contributed by atoms with Crippen LogP contribution in [0.3, 0.4) is 0 Å². The van der Waals surface area contributed by atoms with Crippen molar-refractivity contribution < 1.29 is 0 Å². The first kappa shape index (κ1) is 12.8. The highest BCUT2D eigenvalue weighted by Gasteiger charge is 2.07. The van der Waals surface area contributed by atoms with E-state index in [-0.39, 0.29) is 0 Å². The molecule has 0 radical (unpaired) electrons. The van der Waals surface area contributed by atoms with Crippen molar-refractivity contribution in [2.75, 3.05) is 6.54 Å². The van der Waals surface area contributed by atoms with Crippen molar-refractivity contribution in [3.63, 3.8) is 0 Å². The van der Waals surface area contributed by atoms with E-state index < -0.39 is 0 Å². The van der Waals surface area contributed by atoms with Crippen LogP contribution in [0.2, 0.25) is 0 Å². The van der Waals surface area contributed by atoms with Crippen molar-refractivity contribution in [2.45, 2.75) is 20.4 Å². The average Bonchev–Trinajstić information content (AvgIpc) is 2.73. The second-order valence-electron chi connectivity index (χ2n) is 4.03. The molecule has 90 valence electrons. The Bertz CT molecular complexity index is 505. The molecule has 0 aliphatic rings. The summed E-state index contributed by atoms with van der Waals surface area (Å²) in [6.07, 6.45) is 0. The van der Waals surface area contributed by atoms with E-state index in [2.05, 4.69) is 64.7 Å². The van der Waals surface area contributed by atoms with Crippen LogP contribution in [-0.2, 0) is 6.54 Å². The quantitative estimate of drug-likeness (QED) is 0.870. The van der Waals surface area contributed by atoms with E-state index in [0.29, 0.717) is 0 Å². The van der Waals surface area contributed by atoms with Gasteiger partial charge in [-0.2, -0.15) is 0 Å². The standard InChI is InChI=1S/C14H16BrNS/c1-3-16-9-11-4-5-12(10(2)8-11)14-13(15)6-7-17-14/h4-8,16H,3,9H2,1-2H3. The number of nitrogens with one attached hydrogen (secondary N) is 1. The van der Waals surface area contributed by atoms with Crippen molar-refractivity contribution in [3.05, 3.63) is 45.2 Å². The maximum atomic E-state index is 3.60. The summed E-state index contributed by atoms with van der Waals surface area (Å²) in [7, 11) is 0. The van der Waals surface area contributed by atoms with Gasteiger partial charge in [0.1, 0.15) is 0 Å². The van der Waals surface area contributed by atoms with E-state index >= 15 is 0 Å². The molecule has 0 aliphatic carbocycles. The molecule has 0 spiro atoms. The molecule has 1 aromatic heterocycles. The van der Waals surface area contributed by atoms with Crippen LogP contribution in [0.25, 0.3) is 10.4 Å². The fourth-order valence-corrected chi connectivity index (χ4v) is 3.52. The summed E-state index contributed by atoms with van der Waals surface area (Å²) < 4.78 is 1.19. The van der Waals surface area contributed by atoms with Crippen LogP contribution in [0.4, 0.5) is 0 Å². The minimum absolute atomic E-state index is 0.948. The second kappa shape index (κ2) is 5.80. The fourth-order valence-electron chi connectivity index (χ4n) is 1.85. The van der Waals surface area contributed by atoms with Gasteiger partial charge in [0, 0.05) is 15.9 Å². The zero-order valence-corrected chi connectivity index (χ0v) is 12.5. The molecule has 0 fully saturated rings. The van der Waals surface area contributed by atoms with Crippen molar-refractivity contribution >= 4 is 27.3 Å². The Morgan fingerprint density at radius 3 is 2.71 bits per heavy atom. The van der Waals surface area contributed by atoms with Gasteiger partial charge >= 0.3 is 0 Å². The third-order valence-corrected chi connectivity index (χ3v) is 4.60. The Hall–Kier alpha value is -0.640. The van der Waals surface area contributed by atoms with Crippen LogP contribution in [0.1, 0.15) is 18.1 Å². The molecule has 3 heteroatoms. The molecule has 0 bridgehead atoms. The first-order valence-electron chi connectivity index (χ1n) is 5.76. The molecule has 1 nitrogen and oxygen atoms in total. The summed E-state index contributed by atoms with van der Waals surface area (Å²) in [6, 6.07) is 8.80. The second-order valence-corrected chi connectivity index (χ2v) is 5.80. The number of rotatable bonds is 4. The zero-order valence-electron chi connectivity index (χ0n) is 10.1. The van der Waals surface area contributed by atoms with Gasteiger partial charge in [-0.1, -0.05) is 25.1 Å². The normalized spacial score (nSPS) is 10.8. The van der Waals surface area contributed by atoms with E-state index in [1.165, 1.54) is 26.0 Å². The predicted molar refractivity (Wildman–Crippen MR) is 79.6 cm³/mol. The summed E-state index contributed by atoms with van der Waals surface area (Å²) in [5, 5.41) is 5.47. The van der Waals surface area contributed by atoms with E-state index in [4.69, 9.17) is 0 Å². The molecule has 2 rings (SSSR count). The molecule has 1 aromatic carbocycles. The summed E-state index contributed by atoms with van der Waals surface area (Å²) in [5.41, 5.74) is 4.01. The van der Waals surface area contributed by atoms with Crippen LogP contribution >= 0.6 is 27.3 Å². The van der Waals surface area contributed by atoms with Gasteiger partial charge < -0.3 is 5.32 Å². The smallest absolute Gasteiger partial charge is 0.0487 e. The molecule has 1 heterocycles. The lowest BCUT2D eigenvalue weighted by Crippen LogP contribution is -2.11. The highest BCUT2D eigenvalue weighted by atomic mass is 79.9. The molecule has 0 atom stereocenters. The highest BCUT2D eigenvalue weighted by molar-refractivity contribution is 9.10. The Morgan fingerprint density at radius 1 is 1.29 bits per heavy atom. The van der Waals surface area contributed by atoms with Crippen LogP contribution in [0.5, 0.6) is 0 Å². The number of halogens is 1. The number of hydrogen-bond donors (Lipinski definition) is 1. The number of thiophene rings is 1. The average molecular weight is 310 g/mol. The summed E-state index contributed by atoms with van der Waals surface area (Å²) in [6.45, 7) is 6.27. The van der Waals surface area contributed by atoms with E-state index in [1.807, 2.05) is 0 Å². The Morgan fingerprint density at radius 2 is 2.12 bits per heavy atom. The molecular formula is C14H16BrNS. The fraction of sp³-hybridized carbons (Fsp3) is 0.286. The maximum Gasteiger partial charge on any atom is 0.0487 e. The molecular weight excluding hydrogens is 294 g/mol. The van der Waals surface area contributed by atoms with Crippen LogP contribution < -0.4 is 5.32 Å². The summed E-state index contributed by atoms with van der Waals surface area (Å²) in [5.74, 6) is 0. The number of aryl methyl sites for hydroxylation is 1. The molecule has 17 heavy (non-hydrogen) atoms. The molecule has 0 saturated heterocycles. The lowest BCUT2D eigenvalue weighted by molar-refractivity contribution is 0.726. The van der Waals surface area contributed by atoms with Gasteiger partial charge in [0.05, 0.1) is 0 Å². The van der Waals surface area contributed by atoms with Gasteiger partial charge in [0.15, 0.2) is 0 Å². The topological polar surface area (TPSA) is 12.0 Å². The molecule has 1 N–H and O–H groups in total. The van der Waals surface area contributed by atoms with Gasteiger partial charge in [-0.15, -0.1) is 11.3 Å². The monoisotopic (exact) mass is 309 g/mol. The Kier molecular flexibility index (Phi) is 4.37. The first-order valence-corrected chi connectivity index (χ1v) is 7.43.